The van der Waals surface area contributed by atoms with Crippen molar-refractivity contribution in [1.29, 1.82) is 0 Å². The number of carbonyl (C=O) groups excluding carboxylic acids is 1. The molecule has 0 saturated heterocycles. The predicted molar refractivity (Wildman–Crippen MR) is 78.5 cm³/mol. The second kappa shape index (κ2) is 5.50. The van der Waals surface area contributed by atoms with Gasteiger partial charge in [0.15, 0.2) is 0 Å². The monoisotopic (exact) mass is 306 g/mol. The van der Waals surface area contributed by atoms with Crippen LogP contribution in [-0.2, 0) is 4.79 Å². The zero-order chi connectivity index (χ0) is 13.1. The maximum atomic E-state index is 11.8. The van der Waals surface area contributed by atoms with Gasteiger partial charge in [-0.3, -0.25) is 4.79 Å². The predicted octanol–water partition coefficient (Wildman–Crippen LogP) is 3.28. The molecular weight excluding hydrogens is 292 g/mol. The molecule has 0 aliphatic heterocycles. The highest BCUT2D eigenvalue weighted by atomic mass is 79.9. The van der Waals surface area contributed by atoms with E-state index in [9.17, 15) is 4.79 Å². The van der Waals surface area contributed by atoms with Crippen molar-refractivity contribution >= 4 is 38.3 Å². The van der Waals surface area contributed by atoms with Crippen LogP contribution in [0.2, 0.25) is 0 Å². The Kier molecular flexibility index (Phi) is 3.99. The molecule has 4 heteroatoms. The highest BCUT2D eigenvalue weighted by Gasteiger charge is 2.12. The minimum absolute atomic E-state index is 0.148. The van der Waals surface area contributed by atoms with Crippen molar-refractivity contribution in [2.75, 3.05) is 5.32 Å². The number of fused-ring (bicyclic) bond motifs is 1. The molecule has 0 aliphatic rings. The standard InChI is InChI=1S/C14H15BrN2O/c1-2-12(16)14(18)17-13-8-7-11(15)9-5-3-4-6-10(9)13/h3-8,12H,2,16H2,1H3,(H,17,18). The van der Waals surface area contributed by atoms with Crippen molar-refractivity contribution in [2.24, 2.45) is 5.73 Å². The molecule has 0 radical (unpaired) electrons. The van der Waals surface area contributed by atoms with E-state index in [0.717, 1.165) is 20.9 Å². The smallest absolute Gasteiger partial charge is 0.241 e. The lowest BCUT2D eigenvalue weighted by atomic mass is 10.1. The summed E-state index contributed by atoms with van der Waals surface area (Å²) >= 11 is 3.50. The summed E-state index contributed by atoms with van der Waals surface area (Å²) in [6.07, 6.45) is 0.625. The first-order chi connectivity index (χ1) is 8.63. The van der Waals surface area contributed by atoms with Gasteiger partial charge in [-0.2, -0.15) is 0 Å². The van der Waals surface area contributed by atoms with Crippen LogP contribution in [0.25, 0.3) is 10.8 Å². The van der Waals surface area contributed by atoms with Crippen LogP contribution in [0.4, 0.5) is 5.69 Å². The SMILES string of the molecule is CCC(N)C(=O)Nc1ccc(Br)c2ccccc12. The summed E-state index contributed by atoms with van der Waals surface area (Å²) in [5.41, 5.74) is 6.51. The molecule has 3 nitrogen and oxygen atoms in total. The van der Waals surface area contributed by atoms with Gasteiger partial charge in [-0.15, -0.1) is 0 Å². The van der Waals surface area contributed by atoms with Gasteiger partial charge in [-0.05, 0) is 23.9 Å². The van der Waals surface area contributed by atoms with Gasteiger partial charge in [-0.25, -0.2) is 0 Å². The number of nitrogens with two attached hydrogens (primary N) is 1. The van der Waals surface area contributed by atoms with Crippen molar-refractivity contribution in [1.82, 2.24) is 0 Å². The van der Waals surface area contributed by atoms with Crippen molar-refractivity contribution in [3.8, 4) is 0 Å². The number of carbonyl (C=O) groups is 1. The number of amides is 1. The van der Waals surface area contributed by atoms with E-state index in [0.29, 0.717) is 6.42 Å². The van der Waals surface area contributed by atoms with E-state index in [4.69, 9.17) is 5.73 Å². The molecule has 0 saturated carbocycles. The topological polar surface area (TPSA) is 55.1 Å². The van der Waals surface area contributed by atoms with Gasteiger partial charge in [0.1, 0.15) is 0 Å². The Morgan fingerprint density at radius 2 is 1.94 bits per heavy atom. The summed E-state index contributed by atoms with van der Waals surface area (Å²) in [7, 11) is 0. The molecule has 1 unspecified atom stereocenters. The number of rotatable bonds is 3. The van der Waals surface area contributed by atoms with Crippen LogP contribution in [0.1, 0.15) is 13.3 Å². The van der Waals surface area contributed by atoms with Crippen molar-refractivity contribution < 1.29 is 4.79 Å². The number of anilines is 1. The normalized spacial score (nSPS) is 12.4. The second-order valence-electron chi connectivity index (χ2n) is 4.14. The van der Waals surface area contributed by atoms with E-state index in [2.05, 4.69) is 21.2 Å². The van der Waals surface area contributed by atoms with E-state index < -0.39 is 6.04 Å². The van der Waals surface area contributed by atoms with Gasteiger partial charge in [0.25, 0.3) is 0 Å². The first kappa shape index (κ1) is 13.1. The van der Waals surface area contributed by atoms with Crippen LogP contribution >= 0.6 is 15.9 Å². The summed E-state index contributed by atoms with van der Waals surface area (Å²) < 4.78 is 1.01. The van der Waals surface area contributed by atoms with Crippen LogP contribution in [0.15, 0.2) is 40.9 Å². The molecule has 0 aromatic heterocycles. The molecule has 1 atom stereocenters. The number of nitrogens with one attached hydrogen (secondary N) is 1. The van der Waals surface area contributed by atoms with Gasteiger partial charge < -0.3 is 11.1 Å². The summed E-state index contributed by atoms with van der Waals surface area (Å²) in [6.45, 7) is 1.89. The summed E-state index contributed by atoms with van der Waals surface area (Å²) in [6, 6.07) is 11.2. The van der Waals surface area contributed by atoms with E-state index in [-0.39, 0.29) is 5.91 Å². The molecule has 18 heavy (non-hydrogen) atoms. The Morgan fingerprint density at radius 3 is 2.61 bits per heavy atom. The zero-order valence-electron chi connectivity index (χ0n) is 10.1. The molecule has 2 rings (SSSR count). The van der Waals surface area contributed by atoms with Crippen molar-refractivity contribution in [2.45, 2.75) is 19.4 Å². The van der Waals surface area contributed by atoms with E-state index in [1.807, 2.05) is 43.3 Å². The molecule has 0 heterocycles. The van der Waals surface area contributed by atoms with Gasteiger partial charge in [-0.1, -0.05) is 47.1 Å². The molecule has 0 bridgehead atoms. The lowest BCUT2D eigenvalue weighted by molar-refractivity contribution is -0.117. The Hall–Kier alpha value is -1.39. The molecule has 0 fully saturated rings. The van der Waals surface area contributed by atoms with E-state index in [1.165, 1.54) is 0 Å². The highest BCUT2D eigenvalue weighted by Crippen LogP contribution is 2.29. The van der Waals surface area contributed by atoms with Crippen LogP contribution in [-0.4, -0.2) is 11.9 Å². The van der Waals surface area contributed by atoms with Crippen molar-refractivity contribution in [3.63, 3.8) is 0 Å². The third-order valence-corrected chi connectivity index (χ3v) is 3.60. The quantitative estimate of drug-likeness (QED) is 0.914. The fraction of sp³-hybridized carbons (Fsp3) is 0.214. The fourth-order valence-corrected chi connectivity index (χ4v) is 2.26. The fourth-order valence-electron chi connectivity index (χ4n) is 1.78. The summed E-state index contributed by atoms with van der Waals surface area (Å²) in [4.78, 5) is 11.8. The number of benzene rings is 2. The number of hydrogen-bond acceptors (Lipinski definition) is 2. The Balaban J connectivity index is 2.40. The van der Waals surface area contributed by atoms with Crippen LogP contribution in [0, 0.1) is 0 Å². The highest BCUT2D eigenvalue weighted by molar-refractivity contribution is 9.10. The molecule has 2 aromatic rings. The molecular formula is C14H15BrN2O. The minimum atomic E-state index is -0.465. The Labute approximate surface area is 114 Å². The molecule has 2 aromatic carbocycles. The van der Waals surface area contributed by atoms with E-state index in [1.54, 1.807) is 0 Å². The molecule has 0 spiro atoms. The third-order valence-electron chi connectivity index (χ3n) is 2.91. The first-order valence-corrected chi connectivity index (χ1v) is 6.66. The maximum Gasteiger partial charge on any atom is 0.241 e. The van der Waals surface area contributed by atoms with Crippen molar-refractivity contribution in [3.05, 3.63) is 40.9 Å². The Morgan fingerprint density at radius 1 is 1.28 bits per heavy atom. The van der Waals surface area contributed by atoms with Gasteiger partial charge in [0.05, 0.1) is 6.04 Å². The number of hydrogen-bond donors (Lipinski definition) is 2. The summed E-state index contributed by atoms with van der Waals surface area (Å²) in [5, 5.41) is 4.95. The Bertz CT molecular complexity index is 583. The maximum absolute atomic E-state index is 11.8. The zero-order valence-corrected chi connectivity index (χ0v) is 11.7. The molecule has 3 N–H and O–H groups in total. The second-order valence-corrected chi connectivity index (χ2v) is 5.00. The van der Waals surface area contributed by atoms with Gasteiger partial charge in [0, 0.05) is 15.5 Å². The lowest BCUT2D eigenvalue weighted by Crippen LogP contribution is -2.34. The van der Waals surface area contributed by atoms with Gasteiger partial charge >= 0.3 is 0 Å². The minimum Gasteiger partial charge on any atom is -0.324 e. The first-order valence-electron chi connectivity index (χ1n) is 5.87. The average molecular weight is 307 g/mol. The molecule has 94 valence electrons. The summed E-state index contributed by atoms with van der Waals surface area (Å²) in [5.74, 6) is -0.148. The largest absolute Gasteiger partial charge is 0.324 e. The number of halogens is 1. The van der Waals surface area contributed by atoms with Crippen LogP contribution in [0.3, 0.4) is 0 Å². The lowest BCUT2D eigenvalue weighted by Gasteiger charge is -2.13. The van der Waals surface area contributed by atoms with Gasteiger partial charge in [0.2, 0.25) is 5.91 Å². The third kappa shape index (κ3) is 2.54. The molecule has 1 amide bonds. The van der Waals surface area contributed by atoms with Crippen LogP contribution < -0.4 is 11.1 Å². The average Bonchev–Trinajstić information content (AvgIpc) is 2.41. The molecule has 0 aliphatic carbocycles. The van der Waals surface area contributed by atoms with Crippen LogP contribution in [0.5, 0.6) is 0 Å². The van der Waals surface area contributed by atoms with E-state index >= 15 is 0 Å².